The summed E-state index contributed by atoms with van der Waals surface area (Å²) >= 11 is 1.69. The number of thiazole rings is 1. The minimum absolute atomic E-state index is 0. The average Bonchev–Trinajstić information content (AvgIpc) is 2.95. The van der Waals surface area contributed by atoms with E-state index in [4.69, 9.17) is 4.74 Å². The molecule has 0 saturated heterocycles. The van der Waals surface area contributed by atoms with Crippen LogP contribution in [0.1, 0.15) is 22.4 Å². The number of aryl methyl sites for hydroxylation is 1. The molecule has 2 aromatic rings. The Balaban J connectivity index is 0.00000264. The normalized spacial score (nSPS) is 10.8. The van der Waals surface area contributed by atoms with Gasteiger partial charge in [-0.3, -0.25) is 4.99 Å². The van der Waals surface area contributed by atoms with Gasteiger partial charge in [0.2, 0.25) is 0 Å². The van der Waals surface area contributed by atoms with E-state index in [2.05, 4.69) is 26.7 Å². The van der Waals surface area contributed by atoms with E-state index in [0.29, 0.717) is 13.2 Å². The molecule has 0 aliphatic heterocycles. The Bertz CT molecular complexity index is 630. The molecule has 0 radical (unpaired) electrons. The molecule has 0 saturated carbocycles. The van der Waals surface area contributed by atoms with Crippen LogP contribution in [0.2, 0.25) is 0 Å². The van der Waals surface area contributed by atoms with Crippen LogP contribution in [0.15, 0.2) is 35.5 Å². The van der Waals surface area contributed by atoms with Crippen molar-refractivity contribution in [1.82, 2.24) is 15.6 Å². The van der Waals surface area contributed by atoms with Crippen LogP contribution in [0.5, 0.6) is 5.75 Å². The van der Waals surface area contributed by atoms with Gasteiger partial charge < -0.3 is 15.4 Å². The van der Waals surface area contributed by atoms with Crippen LogP contribution >= 0.6 is 35.3 Å². The lowest BCUT2D eigenvalue weighted by Gasteiger charge is -2.13. The first-order valence-corrected chi connectivity index (χ1v) is 8.11. The maximum atomic E-state index is 5.63. The van der Waals surface area contributed by atoms with Gasteiger partial charge >= 0.3 is 0 Å². The van der Waals surface area contributed by atoms with Crippen LogP contribution in [-0.4, -0.2) is 24.6 Å². The Morgan fingerprint density at radius 3 is 2.65 bits per heavy atom. The van der Waals surface area contributed by atoms with E-state index in [1.807, 2.05) is 38.2 Å². The van der Waals surface area contributed by atoms with Gasteiger partial charge in [0.1, 0.15) is 5.75 Å². The van der Waals surface area contributed by atoms with Crippen molar-refractivity contribution in [3.8, 4) is 5.75 Å². The molecule has 0 amide bonds. The van der Waals surface area contributed by atoms with Crippen molar-refractivity contribution in [3.63, 3.8) is 0 Å². The molecule has 0 aliphatic carbocycles. The van der Waals surface area contributed by atoms with E-state index in [9.17, 15) is 0 Å². The third kappa shape index (κ3) is 6.34. The maximum Gasteiger partial charge on any atom is 0.191 e. The molecule has 0 spiro atoms. The number of benzene rings is 1. The predicted octanol–water partition coefficient (Wildman–Crippen LogP) is 3.33. The van der Waals surface area contributed by atoms with Crippen LogP contribution in [-0.2, 0) is 13.1 Å². The van der Waals surface area contributed by atoms with E-state index >= 15 is 0 Å². The number of nitrogens with one attached hydrogen (secondary N) is 2. The van der Waals surface area contributed by atoms with E-state index in [-0.39, 0.29) is 24.0 Å². The molecule has 2 N–H and O–H groups in total. The Morgan fingerprint density at radius 1 is 1.26 bits per heavy atom. The Morgan fingerprint density at radius 2 is 2.00 bits per heavy atom. The van der Waals surface area contributed by atoms with Crippen LogP contribution in [0.25, 0.3) is 0 Å². The smallest absolute Gasteiger partial charge is 0.191 e. The van der Waals surface area contributed by atoms with Crippen molar-refractivity contribution in [1.29, 1.82) is 0 Å². The van der Waals surface area contributed by atoms with Gasteiger partial charge in [0.15, 0.2) is 5.96 Å². The fraction of sp³-hybridized carbons (Fsp3) is 0.375. The monoisotopic (exact) mass is 446 g/mol. The fourth-order valence-corrected chi connectivity index (χ4v) is 2.74. The summed E-state index contributed by atoms with van der Waals surface area (Å²) in [6, 6.07) is 8.03. The van der Waals surface area contributed by atoms with Crippen molar-refractivity contribution in [2.24, 2.45) is 4.99 Å². The van der Waals surface area contributed by atoms with E-state index in [1.54, 1.807) is 18.4 Å². The SMILES string of the molecule is CCOc1ccccc1CNC(=NC)NCc1cnc(C)s1.I. The lowest BCUT2D eigenvalue weighted by molar-refractivity contribution is 0.336. The summed E-state index contributed by atoms with van der Waals surface area (Å²) in [6.07, 6.45) is 1.89. The summed E-state index contributed by atoms with van der Waals surface area (Å²) in [6.45, 7) is 6.04. The Labute approximate surface area is 158 Å². The van der Waals surface area contributed by atoms with Crippen molar-refractivity contribution in [3.05, 3.63) is 45.9 Å². The van der Waals surface area contributed by atoms with Gasteiger partial charge in [-0.1, -0.05) is 18.2 Å². The molecule has 0 bridgehead atoms. The zero-order valence-electron chi connectivity index (χ0n) is 13.6. The molecule has 5 nitrogen and oxygen atoms in total. The molecule has 126 valence electrons. The molecule has 23 heavy (non-hydrogen) atoms. The third-order valence-electron chi connectivity index (χ3n) is 3.04. The second kappa shape index (κ2) is 10.4. The van der Waals surface area contributed by atoms with Crippen molar-refractivity contribution >= 4 is 41.3 Å². The quantitative estimate of drug-likeness (QED) is 0.406. The molecule has 0 unspecified atom stereocenters. The second-order valence-corrected chi connectivity index (χ2v) is 5.98. The zero-order chi connectivity index (χ0) is 15.8. The van der Waals surface area contributed by atoms with Crippen LogP contribution in [0, 0.1) is 6.92 Å². The zero-order valence-corrected chi connectivity index (χ0v) is 16.8. The standard InChI is InChI=1S/C16H22N4OS.HI/c1-4-21-15-8-6-5-7-13(15)9-19-16(17-3)20-11-14-10-18-12(2)22-14;/h5-8,10H,4,9,11H2,1-3H3,(H2,17,19,20);1H. The second-order valence-electron chi connectivity index (χ2n) is 4.67. The number of para-hydroxylation sites is 1. The van der Waals surface area contributed by atoms with Crippen molar-refractivity contribution < 1.29 is 4.74 Å². The Kier molecular flexibility index (Phi) is 8.93. The van der Waals surface area contributed by atoms with Gasteiger partial charge in [0.05, 0.1) is 18.2 Å². The lowest BCUT2D eigenvalue weighted by Crippen LogP contribution is -2.36. The number of halogens is 1. The van der Waals surface area contributed by atoms with Gasteiger partial charge in [0.25, 0.3) is 0 Å². The molecule has 2 rings (SSSR count). The summed E-state index contributed by atoms with van der Waals surface area (Å²) in [5.41, 5.74) is 1.11. The molecule has 1 aromatic carbocycles. The number of ether oxygens (including phenoxy) is 1. The highest BCUT2D eigenvalue weighted by molar-refractivity contribution is 14.0. The van der Waals surface area contributed by atoms with Gasteiger partial charge in [-0.05, 0) is 19.9 Å². The van der Waals surface area contributed by atoms with E-state index in [0.717, 1.165) is 28.8 Å². The third-order valence-corrected chi connectivity index (χ3v) is 3.95. The Hall–Kier alpha value is -1.35. The molecule has 0 aliphatic rings. The van der Waals surface area contributed by atoms with Gasteiger partial charge in [0, 0.05) is 30.2 Å². The largest absolute Gasteiger partial charge is 0.494 e. The van der Waals surface area contributed by atoms with Gasteiger partial charge in [-0.25, -0.2) is 4.98 Å². The van der Waals surface area contributed by atoms with Crippen molar-refractivity contribution in [2.45, 2.75) is 26.9 Å². The molecule has 7 heteroatoms. The average molecular weight is 446 g/mol. The number of hydrogen-bond donors (Lipinski definition) is 2. The number of aromatic nitrogens is 1. The molecule has 0 fully saturated rings. The number of hydrogen-bond acceptors (Lipinski definition) is 4. The highest BCUT2D eigenvalue weighted by atomic mass is 127. The first kappa shape index (κ1) is 19.7. The molecular weight excluding hydrogens is 423 g/mol. The summed E-state index contributed by atoms with van der Waals surface area (Å²) in [7, 11) is 1.77. The van der Waals surface area contributed by atoms with Gasteiger partial charge in [-0.15, -0.1) is 35.3 Å². The van der Waals surface area contributed by atoms with Crippen molar-refractivity contribution in [2.75, 3.05) is 13.7 Å². The van der Waals surface area contributed by atoms with Crippen LogP contribution < -0.4 is 15.4 Å². The summed E-state index contributed by atoms with van der Waals surface area (Å²) < 4.78 is 5.63. The number of rotatable bonds is 6. The van der Waals surface area contributed by atoms with E-state index in [1.165, 1.54) is 4.88 Å². The number of nitrogens with zero attached hydrogens (tertiary/aromatic N) is 2. The lowest BCUT2D eigenvalue weighted by atomic mass is 10.2. The number of guanidine groups is 1. The molecule has 1 aromatic heterocycles. The predicted molar refractivity (Wildman–Crippen MR) is 107 cm³/mol. The first-order chi connectivity index (χ1) is 10.7. The number of aliphatic imine (C=N–C) groups is 1. The minimum Gasteiger partial charge on any atom is -0.494 e. The maximum absolute atomic E-state index is 5.63. The summed E-state index contributed by atoms with van der Waals surface area (Å²) in [5, 5.41) is 7.67. The molecular formula is C16H23IN4OS. The van der Waals surface area contributed by atoms with Crippen LogP contribution in [0.3, 0.4) is 0 Å². The highest BCUT2D eigenvalue weighted by Crippen LogP contribution is 2.17. The fourth-order valence-electron chi connectivity index (χ4n) is 2.00. The summed E-state index contributed by atoms with van der Waals surface area (Å²) in [5.74, 6) is 1.67. The first-order valence-electron chi connectivity index (χ1n) is 7.29. The molecule has 0 atom stereocenters. The topological polar surface area (TPSA) is 58.5 Å². The highest BCUT2D eigenvalue weighted by Gasteiger charge is 2.05. The minimum atomic E-state index is 0. The van der Waals surface area contributed by atoms with Gasteiger partial charge in [-0.2, -0.15) is 0 Å². The summed E-state index contributed by atoms with van der Waals surface area (Å²) in [4.78, 5) is 9.68. The van der Waals surface area contributed by atoms with Crippen LogP contribution in [0.4, 0.5) is 0 Å². The molecule has 1 heterocycles. The van der Waals surface area contributed by atoms with E-state index < -0.39 is 0 Å².